The molecule has 0 saturated carbocycles. The molecular weight excluding hydrogens is 224 g/mol. The molecule has 96 valence electrons. The Labute approximate surface area is 108 Å². The predicted octanol–water partition coefficient (Wildman–Crippen LogP) is 3.15. The highest BCUT2D eigenvalue weighted by Crippen LogP contribution is 2.28. The maximum Gasteiger partial charge on any atom is 0.152 e. The van der Waals surface area contributed by atoms with Crippen molar-refractivity contribution in [3.63, 3.8) is 0 Å². The zero-order chi connectivity index (χ0) is 13.3. The lowest BCUT2D eigenvalue weighted by Crippen LogP contribution is -2.05. The zero-order valence-corrected chi connectivity index (χ0v) is 11.4. The molecule has 1 aromatic carbocycles. The molecule has 18 heavy (non-hydrogen) atoms. The van der Waals surface area contributed by atoms with Crippen molar-refractivity contribution < 1.29 is 0 Å². The van der Waals surface area contributed by atoms with Crippen LogP contribution >= 0.6 is 0 Å². The second-order valence-corrected chi connectivity index (χ2v) is 4.61. The summed E-state index contributed by atoms with van der Waals surface area (Å²) in [6.45, 7) is 8.94. The first-order valence-electron chi connectivity index (χ1n) is 6.20. The minimum absolute atomic E-state index is 0.720. The van der Waals surface area contributed by atoms with Gasteiger partial charge in [0, 0.05) is 12.2 Å². The number of anilines is 3. The van der Waals surface area contributed by atoms with Gasteiger partial charge in [0.25, 0.3) is 0 Å². The molecule has 2 rings (SSSR count). The van der Waals surface area contributed by atoms with Gasteiger partial charge < -0.3 is 11.1 Å². The summed E-state index contributed by atoms with van der Waals surface area (Å²) < 4.78 is 1.90. The fourth-order valence-electron chi connectivity index (χ4n) is 1.95. The van der Waals surface area contributed by atoms with Crippen molar-refractivity contribution in [1.29, 1.82) is 0 Å². The average molecular weight is 244 g/mol. The first kappa shape index (κ1) is 12.5. The van der Waals surface area contributed by atoms with Crippen molar-refractivity contribution in [3.8, 4) is 0 Å². The fourth-order valence-corrected chi connectivity index (χ4v) is 1.95. The maximum atomic E-state index is 6.07. The standard InChI is InChI=1S/C14H20N4/c1-5-18-14(13(15)11(4)17-18)16-12-8-9(2)6-7-10(12)3/h6-8,16H,5,15H2,1-4H3. The van der Waals surface area contributed by atoms with E-state index in [1.165, 1.54) is 11.1 Å². The molecule has 0 radical (unpaired) electrons. The van der Waals surface area contributed by atoms with Gasteiger partial charge in [0.05, 0.1) is 11.4 Å². The SMILES string of the molecule is CCn1nc(C)c(N)c1Nc1cc(C)ccc1C. The van der Waals surface area contributed by atoms with Crippen molar-refractivity contribution in [2.24, 2.45) is 0 Å². The normalized spacial score (nSPS) is 10.7. The number of hydrogen-bond donors (Lipinski definition) is 2. The number of nitrogens with one attached hydrogen (secondary N) is 1. The number of aryl methyl sites for hydroxylation is 4. The number of hydrogen-bond acceptors (Lipinski definition) is 3. The summed E-state index contributed by atoms with van der Waals surface area (Å²) >= 11 is 0. The first-order valence-corrected chi connectivity index (χ1v) is 6.20. The number of nitrogens with zero attached hydrogens (tertiary/aromatic N) is 2. The van der Waals surface area contributed by atoms with E-state index in [0.29, 0.717) is 0 Å². The Balaban J connectivity index is 2.42. The van der Waals surface area contributed by atoms with E-state index in [-0.39, 0.29) is 0 Å². The molecule has 0 bridgehead atoms. The smallest absolute Gasteiger partial charge is 0.152 e. The van der Waals surface area contributed by atoms with Crippen LogP contribution in [0.15, 0.2) is 18.2 Å². The molecule has 4 nitrogen and oxygen atoms in total. The highest BCUT2D eigenvalue weighted by Gasteiger charge is 2.12. The summed E-state index contributed by atoms with van der Waals surface area (Å²) in [6.07, 6.45) is 0. The molecule has 3 N–H and O–H groups in total. The minimum Gasteiger partial charge on any atom is -0.394 e. The van der Waals surface area contributed by atoms with E-state index in [0.717, 1.165) is 29.4 Å². The van der Waals surface area contributed by atoms with E-state index in [2.05, 4.69) is 49.4 Å². The van der Waals surface area contributed by atoms with Crippen LogP contribution in [0.3, 0.4) is 0 Å². The van der Waals surface area contributed by atoms with Gasteiger partial charge in [-0.1, -0.05) is 12.1 Å². The highest BCUT2D eigenvalue weighted by molar-refractivity contribution is 5.72. The van der Waals surface area contributed by atoms with E-state index in [1.807, 2.05) is 11.6 Å². The third-order valence-electron chi connectivity index (χ3n) is 3.12. The maximum absolute atomic E-state index is 6.07. The van der Waals surface area contributed by atoms with Crippen LogP contribution in [0, 0.1) is 20.8 Å². The Morgan fingerprint density at radius 2 is 2.00 bits per heavy atom. The third-order valence-corrected chi connectivity index (χ3v) is 3.12. The number of rotatable bonds is 3. The minimum atomic E-state index is 0.720. The van der Waals surface area contributed by atoms with Gasteiger partial charge in [0.1, 0.15) is 0 Å². The van der Waals surface area contributed by atoms with Crippen molar-refractivity contribution in [2.45, 2.75) is 34.2 Å². The molecule has 0 aliphatic rings. The molecule has 0 spiro atoms. The Bertz CT molecular complexity index is 569. The van der Waals surface area contributed by atoms with E-state index in [1.54, 1.807) is 0 Å². The van der Waals surface area contributed by atoms with E-state index in [4.69, 9.17) is 5.73 Å². The summed E-state index contributed by atoms with van der Waals surface area (Å²) in [5, 5.41) is 7.80. The van der Waals surface area contributed by atoms with Crippen LogP contribution in [0.1, 0.15) is 23.7 Å². The van der Waals surface area contributed by atoms with Gasteiger partial charge in [0.15, 0.2) is 5.82 Å². The molecule has 2 aromatic rings. The molecule has 1 aromatic heterocycles. The largest absolute Gasteiger partial charge is 0.394 e. The molecule has 0 amide bonds. The predicted molar refractivity (Wildman–Crippen MR) is 76.2 cm³/mol. The monoisotopic (exact) mass is 244 g/mol. The third kappa shape index (κ3) is 2.18. The first-order chi connectivity index (χ1) is 8.52. The van der Waals surface area contributed by atoms with Gasteiger partial charge in [-0.15, -0.1) is 0 Å². The number of aromatic nitrogens is 2. The summed E-state index contributed by atoms with van der Waals surface area (Å²) in [5.74, 6) is 0.878. The van der Waals surface area contributed by atoms with Crippen LogP contribution in [0.4, 0.5) is 17.2 Å². The molecule has 1 heterocycles. The van der Waals surface area contributed by atoms with E-state index >= 15 is 0 Å². The van der Waals surface area contributed by atoms with E-state index < -0.39 is 0 Å². The van der Waals surface area contributed by atoms with Crippen LogP contribution in [-0.4, -0.2) is 9.78 Å². The Kier molecular flexibility index (Phi) is 3.28. The average Bonchev–Trinajstić information content (AvgIpc) is 2.61. The Morgan fingerprint density at radius 1 is 1.28 bits per heavy atom. The zero-order valence-electron chi connectivity index (χ0n) is 11.4. The van der Waals surface area contributed by atoms with Gasteiger partial charge in [-0.25, -0.2) is 4.68 Å². The Hall–Kier alpha value is -1.97. The lowest BCUT2D eigenvalue weighted by atomic mass is 10.1. The molecule has 0 aliphatic carbocycles. The van der Waals surface area contributed by atoms with Crippen LogP contribution < -0.4 is 11.1 Å². The molecule has 0 fully saturated rings. The molecular formula is C14H20N4. The van der Waals surface area contributed by atoms with Crippen molar-refractivity contribution in [3.05, 3.63) is 35.0 Å². The van der Waals surface area contributed by atoms with Crippen LogP contribution in [0.25, 0.3) is 0 Å². The lowest BCUT2D eigenvalue weighted by molar-refractivity contribution is 0.661. The van der Waals surface area contributed by atoms with E-state index in [9.17, 15) is 0 Å². The second-order valence-electron chi connectivity index (χ2n) is 4.61. The van der Waals surface area contributed by atoms with Crippen LogP contribution in [0.2, 0.25) is 0 Å². The van der Waals surface area contributed by atoms with Gasteiger partial charge >= 0.3 is 0 Å². The van der Waals surface area contributed by atoms with Crippen molar-refractivity contribution in [1.82, 2.24) is 9.78 Å². The summed E-state index contributed by atoms with van der Waals surface area (Å²) in [5.41, 5.74) is 11.2. The Morgan fingerprint density at radius 3 is 2.67 bits per heavy atom. The molecule has 0 unspecified atom stereocenters. The molecule has 0 saturated heterocycles. The fraction of sp³-hybridized carbons (Fsp3) is 0.357. The summed E-state index contributed by atoms with van der Waals surface area (Å²) in [4.78, 5) is 0. The lowest BCUT2D eigenvalue weighted by Gasteiger charge is -2.12. The number of nitrogen functional groups attached to an aromatic ring is 1. The van der Waals surface area contributed by atoms with Crippen molar-refractivity contribution >= 4 is 17.2 Å². The van der Waals surface area contributed by atoms with Crippen molar-refractivity contribution in [2.75, 3.05) is 11.1 Å². The summed E-state index contributed by atoms with van der Waals surface area (Å²) in [6, 6.07) is 6.33. The number of nitrogens with two attached hydrogens (primary N) is 1. The van der Waals surface area contributed by atoms with Gasteiger partial charge in [0.2, 0.25) is 0 Å². The quantitative estimate of drug-likeness (QED) is 0.872. The van der Waals surface area contributed by atoms with Crippen LogP contribution in [-0.2, 0) is 6.54 Å². The molecule has 0 aliphatic heterocycles. The topological polar surface area (TPSA) is 55.9 Å². The van der Waals surface area contributed by atoms with Crippen LogP contribution in [0.5, 0.6) is 0 Å². The van der Waals surface area contributed by atoms with Gasteiger partial charge in [-0.2, -0.15) is 5.10 Å². The second kappa shape index (κ2) is 4.72. The summed E-state index contributed by atoms with van der Waals surface area (Å²) in [7, 11) is 0. The highest BCUT2D eigenvalue weighted by atomic mass is 15.3. The number of benzene rings is 1. The molecule has 4 heteroatoms. The van der Waals surface area contributed by atoms with Gasteiger partial charge in [-0.05, 0) is 44.9 Å². The molecule has 0 atom stereocenters. The van der Waals surface area contributed by atoms with Gasteiger partial charge in [-0.3, -0.25) is 0 Å².